The van der Waals surface area contributed by atoms with Crippen LogP contribution in [0.5, 0.6) is 5.75 Å². The molecule has 3 nitrogen and oxygen atoms in total. The molecule has 1 aromatic rings. The van der Waals surface area contributed by atoms with Crippen LogP contribution >= 0.6 is 22.6 Å². The molecular weight excluding hydrogens is 374 g/mol. The average Bonchev–Trinajstić information content (AvgIpc) is 2.19. The van der Waals surface area contributed by atoms with E-state index in [1.54, 1.807) is 6.07 Å². The molecule has 0 saturated carbocycles. The van der Waals surface area contributed by atoms with Gasteiger partial charge in [0.2, 0.25) is 0 Å². The lowest BCUT2D eigenvalue weighted by atomic mass is 10.2. The number of halogens is 6. The first-order valence-electron chi connectivity index (χ1n) is 4.34. The molecule has 0 amide bonds. The van der Waals surface area contributed by atoms with Crippen LogP contribution in [-0.2, 0) is 6.42 Å². The van der Waals surface area contributed by atoms with Crippen molar-refractivity contribution in [2.45, 2.75) is 19.2 Å². The molecule has 0 fully saturated rings. The Labute approximate surface area is 112 Å². The van der Waals surface area contributed by atoms with Crippen molar-refractivity contribution in [1.82, 2.24) is 4.98 Å². The minimum absolute atomic E-state index is 0.0112. The fourth-order valence-electron chi connectivity index (χ4n) is 1.13. The quantitative estimate of drug-likeness (QED) is 0.597. The van der Waals surface area contributed by atoms with Crippen LogP contribution in [-0.4, -0.2) is 11.3 Å². The molecule has 0 aliphatic heterocycles. The molecule has 18 heavy (non-hydrogen) atoms. The number of nitrogens with zero attached hydrogens (tertiary/aromatic N) is 2. The molecule has 9 heteroatoms. The summed E-state index contributed by atoms with van der Waals surface area (Å²) < 4.78 is 64.8. The Hall–Kier alpha value is -1.18. The molecule has 1 heterocycles. The van der Waals surface area contributed by atoms with E-state index in [1.807, 2.05) is 0 Å². The Morgan fingerprint density at radius 2 is 2.06 bits per heavy atom. The summed E-state index contributed by atoms with van der Waals surface area (Å²) in [4.78, 5) is 3.51. The van der Waals surface area contributed by atoms with E-state index in [-0.39, 0.29) is 15.7 Å². The Morgan fingerprint density at radius 1 is 1.44 bits per heavy atom. The maximum atomic E-state index is 12.7. The first-order valence-corrected chi connectivity index (χ1v) is 5.42. The van der Waals surface area contributed by atoms with Crippen molar-refractivity contribution in [2.24, 2.45) is 0 Å². The van der Waals surface area contributed by atoms with Crippen molar-refractivity contribution in [3.8, 4) is 11.8 Å². The zero-order valence-corrected chi connectivity index (χ0v) is 10.6. The highest BCUT2D eigenvalue weighted by Gasteiger charge is 2.34. The van der Waals surface area contributed by atoms with E-state index in [0.717, 1.165) is 0 Å². The van der Waals surface area contributed by atoms with Crippen molar-refractivity contribution in [2.75, 3.05) is 0 Å². The number of hydrogen-bond donors (Lipinski definition) is 0. The number of nitriles is 1. The molecule has 0 bridgehead atoms. The Morgan fingerprint density at radius 3 is 2.50 bits per heavy atom. The van der Waals surface area contributed by atoms with Crippen LogP contribution in [0, 0.1) is 14.9 Å². The largest absolute Gasteiger partial charge is 0.573 e. The van der Waals surface area contributed by atoms with Crippen LogP contribution in [0.1, 0.15) is 17.7 Å². The van der Waals surface area contributed by atoms with Crippen molar-refractivity contribution in [1.29, 1.82) is 5.26 Å². The lowest BCUT2D eigenvalue weighted by molar-refractivity contribution is -0.275. The summed E-state index contributed by atoms with van der Waals surface area (Å²) in [6, 6.07) is 1.68. The lowest BCUT2D eigenvalue weighted by Gasteiger charge is -2.15. The normalized spacial score (nSPS) is 11.4. The van der Waals surface area contributed by atoms with Gasteiger partial charge in [-0.3, -0.25) is 4.98 Å². The number of aromatic nitrogens is 1. The number of hydrogen-bond acceptors (Lipinski definition) is 3. The second-order valence-corrected chi connectivity index (χ2v) is 4.06. The summed E-state index contributed by atoms with van der Waals surface area (Å²) in [5, 5.41) is 8.44. The number of pyridine rings is 1. The fourth-order valence-corrected chi connectivity index (χ4v) is 1.97. The van der Waals surface area contributed by atoms with Crippen molar-refractivity contribution >= 4 is 22.6 Å². The minimum Gasteiger partial charge on any atom is -0.404 e. The topological polar surface area (TPSA) is 45.9 Å². The average molecular weight is 378 g/mol. The predicted octanol–water partition coefficient (Wildman–Crippen LogP) is 3.59. The van der Waals surface area contributed by atoms with Crippen LogP contribution in [0.4, 0.5) is 22.0 Å². The molecule has 0 radical (unpaired) electrons. The summed E-state index contributed by atoms with van der Waals surface area (Å²) in [7, 11) is 0. The molecule has 0 atom stereocenters. The molecule has 1 aromatic heterocycles. The highest BCUT2D eigenvalue weighted by Crippen LogP contribution is 2.36. The van der Waals surface area contributed by atoms with Gasteiger partial charge in [0.1, 0.15) is 0 Å². The van der Waals surface area contributed by atoms with Gasteiger partial charge in [0.15, 0.2) is 5.75 Å². The minimum atomic E-state index is -5.08. The van der Waals surface area contributed by atoms with Crippen molar-refractivity contribution < 1.29 is 26.7 Å². The first-order chi connectivity index (χ1) is 8.26. The maximum Gasteiger partial charge on any atom is 0.573 e. The molecular formula is C9H4F5IN2O. The van der Waals surface area contributed by atoms with Gasteiger partial charge in [-0.1, -0.05) is 0 Å². The summed E-state index contributed by atoms with van der Waals surface area (Å²) in [6.45, 7) is 0. The molecule has 0 aliphatic rings. The second kappa shape index (κ2) is 5.64. The van der Waals surface area contributed by atoms with Crippen LogP contribution < -0.4 is 4.74 Å². The van der Waals surface area contributed by atoms with E-state index in [0.29, 0.717) is 6.20 Å². The van der Waals surface area contributed by atoms with Crippen molar-refractivity contribution in [3.63, 3.8) is 0 Å². The van der Waals surface area contributed by atoms with E-state index in [9.17, 15) is 22.0 Å². The van der Waals surface area contributed by atoms with Crippen LogP contribution in [0.3, 0.4) is 0 Å². The van der Waals surface area contributed by atoms with E-state index >= 15 is 0 Å². The van der Waals surface area contributed by atoms with Crippen LogP contribution in [0.25, 0.3) is 0 Å². The lowest BCUT2D eigenvalue weighted by Crippen LogP contribution is -2.19. The van der Waals surface area contributed by atoms with E-state index in [2.05, 4.69) is 9.72 Å². The summed E-state index contributed by atoms with van der Waals surface area (Å²) in [5.74, 6) is -1.05. The molecule has 0 aromatic carbocycles. The first kappa shape index (κ1) is 14.9. The Bertz CT molecular complexity index is 483. The number of alkyl halides is 5. The highest BCUT2D eigenvalue weighted by molar-refractivity contribution is 14.1. The zero-order valence-electron chi connectivity index (χ0n) is 8.43. The number of ether oxygens (including phenoxy) is 1. The monoisotopic (exact) mass is 378 g/mol. The standard InChI is InChI=1S/C9H4F5IN2O/c10-8(11)6-5(18-9(12,13)14)3-17-4(1-2-16)7(6)15/h3,8H,1H2. The van der Waals surface area contributed by atoms with Crippen molar-refractivity contribution in [3.05, 3.63) is 21.0 Å². The van der Waals surface area contributed by atoms with Gasteiger partial charge in [-0.2, -0.15) is 5.26 Å². The Kier molecular flexibility index (Phi) is 4.66. The van der Waals surface area contributed by atoms with E-state index in [4.69, 9.17) is 5.26 Å². The molecule has 0 N–H and O–H groups in total. The Balaban J connectivity index is 3.29. The third-order valence-corrected chi connectivity index (χ3v) is 2.99. The molecule has 0 spiro atoms. The molecule has 0 unspecified atom stereocenters. The van der Waals surface area contributed by atoms with Gasteiger partial charge in [-0.25, -0.2) is 8.78 Å². The van der Waals surface area contributed by atoms with E-state index < -0.39 is 24.1 Å². The molecule has 1 rings (SSSR count). The molecule has 98 valence electrons. The van der Waals surface area contributed by atoms with Gasteiger partial charge in [0, 0.05) is 3.57 Å². The van der Waals surface area contributed by atoms with Gasteiger partial charge in [0.25, 0.3) is 6.43 Å². The van der Waals surface area contributed by atoms with Crippen LogP contribution in [0.15, 0.2) is 6.20 Å². The van der Waals surface area contributed by atoms with Gasteiger partial charge >= 0.3 is 6.36 Å². The number of rotatable bonds is 3. The zero-order chi connectivity index (χ0) is 13.9. The smallest absolute Gasteiger partial charge is 0.404 e. The highest BCUT2D eigenvalue weighted by atomic mass is 127. The summed E-state index contributed by atoms with van der Waals surface area (Å²) in [6.07, 6.45) is -7.96. The van der Waals surface area contributed by atoms with Gasteiger partial charge < -0.3 is 4.74 Å². The third-order valence-electron chi connectivity index (χ3n) is 1.78. The predicted molar refractivity (Wildman–Crippen MR) is 57.9 cm³/mol. The maximum absolute atomic E-state index is 12.7. The van der Waals surface area contributed by atoms with E-state index in [1.165, 1.54) is 22.6 Å². The summed E-state index contributed by atoms with van der Waals surface area (Å²) in [5.41, 5.74) is -0.920. The van der Waals surface area contributed by atoms with Gasteiger partial charge in [-0.15, -0.1) is 13.2 Å². The second-order valence-electron chi connectivity index (χ2n) is 2.98. The third kappa shape index (κ3) is 3.66. The van der Waals surface area contributed by atoms with Gasteiger partial charge in [0.05, 0.1) is 29.9 Å². The van der Waals surface area contributed by atoms with Crippen LogP contribution in [0.2, 0.25) is 0 Å². The SMILES string of the molecule is N#CCc1ncc(OC(F)(F)F)c(C(F)F)c1I. The molecule has 0 saturated heterocycles. The molecule has 0 aliphatic carbocycles. The summed E-state index contributed by atoms with van der Waals surface area (Å²) >= 11 is 1.42. The van der Waals surface area contributed by atoms with Gasteiger partial charge in [-0.05, 0) is 22.6 Å². The fraction of sp³-hybridized carbons (Fsp3) is 0.333.